The van der Waals surface area contributed by atoms with Crippen LogP contribution in [0, 0.1) is 25.1 Å². The second kappa shape index (κ2) is 6.55. The van der Waals surface area contributed by atoms with Gasteiger partial charge in [0.05, 0.1) is 0 Å². The van der Waals surface area contributed by atoms with Gasteiger partial charge in [0.25, 0.3) is 0 Å². The maximum atomic E-state index is 13.7. The van der Waals surface area contributed by atoms with Crippen LogP contribution in [0.1, 0.15) is 24.8 Å². The molecule has 0 unspecified atom stereocenters. The van der Waals surface area contributed by atoms with Crippen LogP contribution in [0.15, 0.2) is 17.0 Å². The number of nitrogens with two attached hydrogens (primary N) is 1. The lowest BCUT2D eigenvalue weighted by Crippen LogP contribution is -2.26. The maximum Gasteiger partial charge on any atom is 0.243 e. The molecule has 0 spiro atoms. The Kier molecular flexibility index (Phi) is 5.33. The molecule has 19 heavy (non-hydrogen) atoms. The van der Waals surface area contributed by atoms with Crippen LogP contribution in [-0.4, -0.2) is 15.0 Å². The van der Waals surface area contributed by atoms with Gasteiger partial charge in [-0.25, -0.2) is 17.5 Å². The number of anilines is 1. The van der Waals surface area contributed by atoms with Gasteiger partial charge >= 0.3 is 0 Å². The molecule has 0 aromatic heterocycles. The van der Waals surface area contributed by atoms with Gasteiger partial charge in [0.1, 0.15) is 10.7 Å². The standard InChI is InChI=1S/C13H17FN2O2S/c1-3-4-5-6-7-16-19(17,18)13-9-12(15)10(2)8-11(13)14/h1,8-9,16H,4-7,15H2,2H3. The molecule has 6 heteroatoms. The highest BCUT2D eigenvalue weighted by atomic mass is 32.2. The van der Waals surface area contributed by atoms with Crippen LogP contribution >= 0.6 is 0 Å². The topological polar surface area (TPSA) is 72.2 Å². The molecule has 0 aliphatic heterocycles. The average molecular weight is 284 g/mol. The summed E-state index contributed by atoms with van der Waals surface area (Å²) >= 11 is 0. The summed E-state index contributed by atoms with van der Waals surface area (Å²) in [5.41, 5.74) is 6.35. The molecule has 0 saturated heterocycles. The van der Waals surface area contributed by atoms with Crippen LogP contribution in [0.2, 0.25) is 0 Å². The molecule has 1 aromatic rings. The van der Waals surface area contributed by atoms with Gasteiger partial charge in [-0.15, -0.1) is 12.3 Å². The van der Waals surface area contributed by atoms with E-state index >= 15 is 0 Å². The van der Waals surface area contributed by atoms with Crippen molar-refractivity contribution in [1.29, 1.82) is 0 Å². The lowest BCUT2D eigenvalue weighted by molar-refractivity contribution is 0.554. The number of nitrogens with one attached hydrogen (secondary N) is 1. The van der Waals surface area contributed by atoms with E-state index in [4.69, 9.17) is 12.2 Å². The van der Waals surface area contributed by atoms with Gasteiger partial charge in [-0.05, 0) is 37.5 Å². The molecular weight excluding hydrogens is 267 g/mol. The minimum absolute atomic E-state index is 0.219. The first-order valence-corrected chi connectivity index (χ1v) is 7.35. The summed E-state index contributed by atoms with van der Waals surface area (Å²) in [6.07, 6.45) is 7.00. The third-order valence-corrected chi connectivity index (χ3v) is 4.13. The van der Waals surface area contributed by atoms with Gasteiger partial charge in [0.2, 0.25) is 10.0 Å². The fourth-order valence-corrected chi connectivity index (χ4v) is 2.68. The largest absolute Gasteiger partial charge is 0.398 e. The summed E-state index contributed by atoms with van der Waals surface area (Å²) in [6, 6.07) is 2.25. The third kappa shape index (κ3) is 4.23. The van der Waals surface area contributed by atoms with Crippen LogP contribution in [0.3, 0.4) is 0 Å². The summed E-state index contributed by atoms with van der Waals surface area (Å²) in [5, 5.41) is 0. The van der Waals surface area contributed by atoms with E-state index in [1.165, 1.54) is 0 Å². The normalized spacial score (nSPS) is 11.2. The van der Waals surface area contributed by atoms with E-state index in [1.807, 2.05) is 0 Å². The molecule has 0 atom stereocenters. The minimum Gasteiger partial charge on any atom is -0.398 e. The van der Waals surface area contributed by atoms with E-state index in [0.717, 1.165) is 18.6 Å². The van der Waals surface area contributed by atoms with Gasteiger partial charge in [0.15, 0.2) is 0 Å². The smallest absolute Gasteiger partial charge is 0.243 e. The first-order chi connectivity index (χ1) is 8.88. The van der Waals surface area contributed by atoms with Crippen LogP contribution in [-0.2, 0) is 10.0 Å². The Labute approximate surface area is 113 Å². The van der Waals surface area contributed by atoms with Gasteiger partial charge in [-0.3, -0.25) is 0 Å². The molecule has 1 aromatic carbocycles. The number of unbranched alkanes of at least 4 members (excludes halogenated alkanes) is 2. The van der Waals surface area contributed by atoms with E-state index < -0.39 is 20.7 Å². The van der Waals surface area contributed by atoms with Gasteiger partial charge in [-0.1, -0.05) is 0 Å². The molecule has 0 amide bonds. The SMILES string of the molecule is C#CCCCCNS(=O)(=O)c1cc(N)c(C)cc1F. The maximum absolute atomic E-state index is 13.7. The minimum atomic E-state index is -3.87. The molecular formula is C13H17FN2O2S. The second-order valence-corrected chi connectivity index (χ2v) is 5.93. The molecule has 104 valence electrons. The number of halogens is 1. The highest BCUT2D eigenvalue weighted by molar-refractivity contribution is 7.89. The quantitative estimate of drug-likeness (QED) is 0.475. The zero-order chi connectivity index (χ0) is 14.5. The van der Waals surface area contributed by atoms with Gasteiger partial charge in [-0.2, -0.15) is 0 Å². The second-order valence-electron chi connectivity index (χ2n) is 4.20. The number of hydrogen-bond donors (Lipinski definition) is 2. The van der Waals surface area contributed by atoms with Crippen molar-refractivity contribution in [3.8, 4) is 12.3 Å². The Bertz CT molecular complexity index is 591. The molecule has 1 rings (SSSR count). The zero-order valence-corrected chi connectivity index (χ0v) is 11.6. The summed E-state index contributed by atoms with van der Waals surface area (Å²) < 4.78 is 39.8. The number of benzene rings is 1. The van der Waals surface area contributed by atoms with Crippen LogP contribution in [0.4, 0.5) is 10.1 Å². The molecule has 3 N–H and O–H groups in total. The van der Waals surface area contributed by atoms with Crippen molar-refractivity contribution < 1.29 is 12.8 Å². The summed E-state index contributed by atoms with van der Waals surface area (Å²) in [6.45, 7) is 1.83. The number of aryl methyl sites for hydroxylation is 1. The predicted molar refractivity (Wildman–Crippen MR) is 73.4 cm³/mol. The summed E-state index contributed by atoms with van der Waals surface area (Å²) in [4.78, 5) is -0.424. The number of terminal acetylenes is 1. The molecule has 0 radical (unpaired) electrons. The first kappa shape index (κ1) is 15.5. The van der Waals surface area contributed by atoms with Crippen molar-refractivity contribution in [3.63, 3.8) is 0 Å². The fraction of sp³-hybridized carbons (Fsp3) is 0.385. The Morgan fingerprint density at radius 2 is 2.11 bits per heavy atom. The van der Waals surface area contributed by atoms with E-state index in [-0.39, 0.29) is 12.2 Å². The molecule has 0 bridgehead atoms. The predicted octanol–water partition coefficient (Wildman–Crippen LogP) is 1.80. The van der Waals surface area contributed by atoms with E-state index in [1.54, 1.807) is 6.92 Å². The average Bonchev–Trinajstić information content (AvgIpc) is 2.33. The van der Waals surface area contributed by atoms with Crippen molar-refractivity contribution >= 4 is 15.7 Å². The molecule has 0 fully saturated rings. The van der Waals surface area contributed by atoms with E-state index in [9.17, 15) is 12.8 Å². The lowest BCUT2D eigenvalue weighted by atomic mass is 10.2. The van der Waals surface area contributed by atoms with Gasteiger partial charge < -0.3 is 5.73 Å². The Morgan fingerprint density at radius 3 is 2.74 bits per heavy atom. The number of sulfonamides is 1. The Hall–Kier alpha value is -1.58. The Balaban J connectivity index is 2.78. The molecule has 0 aliphatic carbocycles. The summed E-state index contributed by atoms with van der Waals surface area (Å²) in [7, 11) is -3.87. The van der Waals surface area contributed by atoms with Crippen LogP contribution in [0.5, 0.6) is 0 Å². The van der Waals surface area contributed by atoms with Crippen molar-refractivity contribution in [1.82, 2.24) is 4.72 Å². The highest BCUT2D eigenvalue weighted by Gasteiger charge is 2.19. The Morgan fingerprint density at radius 1 is 1.42 bits per heavy atom. The highest BCUT2D eigenvalue weighted by Crippen LogP contribution is 2.21. The first-order valence-electron chi connectivity index (χ1n) is 5.87. The van der Waals surface area contributed by atoms with Gasteiger partial charge in [0, 0.05) is 18.7 Å². The molecule has 0 saturated carbocycles. The molecule has 4 nitrogen and oxygen atoms in total. The summed E-state index contributed by atoms with van der Waals surface area (Å²) in [5.74, 6) is 1.66. The van der Waals surface area contributed by atoms with Crippen LogP contribution in [0.25, 0.3) is 0 Å². The van der Waals surface area contributed by atoms with E-state index in [2.05, 4.69) is 10.6 Å². The van der Waals surface area contributed by atoms with Crippen LogP contribution < -0.4 is 10.5 Å². The lowest BCUT2D eigenvalue weighted by Gasteiger charge is -2.09. The third-order valence-electron chi connectivity index (χ3n) is 2.65. The van der Waals surface area contributed by atoms with E-state index in [0.29, 0.717) is 18.4 Å². The number of nitrogen functional groups attached to an aromatic ring is 1. The van der Waals surface area contributed by atoms with Crippen molar-refractivity contribution in [2.75, 3.05) is 12.3 Å². The number of rotatable bonds is 6. The van der Waals surface area contributed by atoms with Crippen molar-refractivity contribution in [3.05, 3.63) is 23.5 Å². The molecule has 0 heterocycles. The monoisotopic (exact) mass is 284 g/mol. The molecule has 0 aliphatic rings. The number of hydrogen-bond acceptors (Lipinski definition) is 3. The fourth-order valence-electron chi connectivity index (χ4n) is 1.51. The van der Waals surface area contributed by atoms with Crippen molar-refractivity contribution in [2.45, 2.75) is 31.1 Å². The van der Waals surface area contributed by atoms with Crippen molar-refractivity contribution in [2.24, 2.45) is 0 Å². The zero-order valence-electron chi connectivity index (χ0n) is 10.7.